The van der Waals surface area contributed by atoms with E-state index in [1.165, 1.54) is 11.1 Å². The molecule has 1 aliphatic rings. The molecule has 0 atom stereocenters. The van der Waals surface area contributed by atoms with Crippen LogP contribution in [0.5, 0.6) is 0 Å². The number of nitrogens with zero attached hydrogens (tertiary/aromatic N) is 1. The largest absolute Gasteiger partial charge is 0.322 e. The van der Waals surface area contributed by atoms with Crippen molar-refractivity contribution in [3.63, 3.8) is 0 Å². The molecule has 0 unspecified atom stereocenters. The van der Waals surface area contributed by atoms with Crippen LogP contribution in [0, 0.1) is 0 Å². The van der Waals surface area contributed by atoms with Gasteiger partial charge in [0.2, 0.25) is 0 Å². The molecule has 0 saturated heterocycles. The third kappa shape index (κ3) is 1.61. The van der Waals surface area contributed by atoms with E-state index in [2.05, 4.69) is 10.6 Å². The molecule has 98 valence electrons. The van der Waals surface area contributed by atoms with E-state index in [9.17, 15) is 4.79 Å². The van der Waals surface area contributed by atoms with Crippen molar-refractivity contribution in [2.24, 2.45) is 0 Å². The molecule has 1 aliphatic carbocycles. The quantitative estimate of drug-likeness (QED) is 0.648. The lowest BCUT2D eigenvalue weighted by molar-refractivity contribution is 0.0981. The Labute approximate surface area is 121 Å². The van der Waals surface area contributed by atoms with Crippen LogP contribution in [0.1, 0.15) is 22.3 Å². The Balaban J connectivity index is 2.03. The molecule has 2 aromatic heterocycles. The van der Waals surface area contributed by atoms with Crippen LogP contribution >= 0.6 is 11.6 Å². The van der Waals surface area contributed by atoms with Crippen molar-refractivity contribution in [1.29, 1.82) is 0 Å². The Morgan fingerprint density at radius 3 is 2.60 bits per heavy atom. The van der Waals surface area contributed by atoms with E-state index in [1.807, 2.05) is 42.6 Å². The molecule has 1 aromatic carbocycles. The van der Waals surface area contributed by atoms with Crippen LogP contribution in [-0.4, -0.2) is 10.2 Å². The van der Waals surface area contributed by atoms with Crippen LogP contribution in [0.4, 0.5) is 0 Å². The average Bonchev–Trinajstić information content (AvgIpc) is 2.84. The van der Waals surface area contributed by atoms with Crippen molar-refractivity contribution in [3.05, 3.63) is 64.9 Å². The lowest BCUT2D eigenvalue weighted by atomic mass is 9.91. The van der Waals surface area contributed by atoms with Gasteiger partial charge in [-0.25, -0.2) is 0 Å². The van der Waals surface area contributed by atoms with Gasteiger partial charge >= 0.3 is 0 Å². The Morgan fingerprint density at radius 1 is 1.00 bits per heavy atom. The van der Waals surface area contributed by atoms with Crippen molar-refractivity contribution >= 4 is 22.9 Å². The highest BCUT2D eigenvalue weighted by molar-refractivity contribution is 6.30. The second-order valence-corrected chi connectivity index (χ2v) is 5.57. The van der Waals surface area contributed by atoms with Crippen LogP contribution in [0.3, 0.4) is 0 Å². The van der Waals surface area contributed by atoms with Gasteiger partial charge in [0.05, 0.1) is 5.52 Å². The van der Waals surface area contributed by atoms with Crippen molar-refractivity contribution in [3.8, 4) is 11.1 Å². The molecule has 2 heterocycles. The van der Waals surface area contributed by atoms with Gasteiger partial charge in [-0.1, -0.05) is 23.7 Å². The van der Waals surface area contributed by atoms with E-state index in [1.54, 1.807) is 0 Å². The van der Waals surface area contributed by atoms with Crippen LogP contribution in [0.15, 0.2) is 48.8 Å². The van der Waals surface area contributed by atoms with Gasteiger partial charge in [-0.15, -0.1) is 0 Å². The highest BCUT2D eigenvalue weighted by atomic mass is 35.5. The molecular formula is C17H12ClNO. The Kier molecular flexibility index (Phi) is 2.48. The highest BCUT2D eigenvalue weighted by Crippen LogP contribution is 2.35. The summed E-state index contributed by atoms with van der Waals surface area (Å²) in [7, 11) is 0. The number of hydrogen-bond donors (Lipinski definition) is 0. The molecule has 4 rings (SSSR count). The maximum atomic E-state index is 12.0. The second kappa shape index (κ2) is 4.22. The Morgan fingerprint density at radius 2 is 1.80 bits per heavy atom. The fourth-order valence-corrected chi connectivity index (χ4v) is 3.15. The summed E-state index contributed by atoms with van der Waals surface area (Å²) in [5.41, 5.74) is 5.51. The second-order valence-electron chi connectivity index (χ2n) is 5.13. The van der Waals surface area contributed by atoms with E-state index in [-0.39, 0.29) is 5.78 Å². The summed E-state index contributed by atoms with van der Waals surface area (Å²) in [4.78, 5) is 12.0. The molecular weight excluding hydrogens is 270 g/mol. The minimum Gasteiger partial charge on any atom is -0.322 e. The predicted octanol–water partition coefficient (Wildman–Crippen LogP) is 4.39. The SMILES string of the molecule is O=C1CCc2c(-c3ccc(Cl)cc3)cn3cccc1c23. The highest BCUT2D eigenvalue weighted by Gasteiger charge is 2.23. The third-order valence-corrected chi connectivity index (χ3v) is 4.21. The van der Waals surface area contributed by atoms with Gasteiger partial charge < -0.3 is 4.40 Å². The number of rotatable bonds is 1. The van der Waals surface area contributed by atoms with Gasteiger partial charge in [-0.2, -0.15) is 0 Å². The van der Waals surface area contributed by atoms with E-state index in [0.717, 1.165) is 28.1 Å². The summed E-state index contributed by atoms with van der Waals surface area (Å²) < 4.78 is 2.06. The number of benzene rings is 1. The van der Waals surface area contributed by atoms with E-state index < -0.39 is 0 Å². The normalized spacial score (nSPS) is 13.9. The number of ketones is 1. The van der Waals surface area contributed by atoms with Crippen molar-refractivity contribution in [2.45, 2.75) is 12.8 Å². The fraction of sp³-hybridized carbons (Fsp3) is 0.118. The van der Waals surface area contributed by atoms with Crippen molar-refractivity contribution in [1.82, 2.24) is 4.40 Å². The predicted molar refractivity (Wildman–Crippen MR) is 80.5 cm³/mol. The maximum absolute atomic E-state index is 12.0. The molecule has 0 aliphatic heterocycles. The molecule has 0 N–H and O–H groups in total. The molecule has 2 nitrogen and oxygen atoms in total. The molecule has 20 heavy (non-hydrogen) atoms. The number of carbonyl (C=O) groups excluding carboxylic acids is 1. The summed E-state index contributed by atoms with van der Waals surface area (Å²) in [6.45, 7) is 0. The summed E-state index contributed by atoms with van der Waals surface area (Å²) in [6.07, 6.45) is 5.51. The Bertz CT molecular complexity index is 830. The first kappa shape index (κ1) is 11.7. The average molecular weight is 282 g/mol. The summed E-state index contributed by atoms with van der Waals surface area (Å²) in [6, 6.07) is 11.7. The molecule has 3 aromatic rings. The first-order valence-electron chi connectivity index (χ1n) is 6.66. The van der Waals surface area contributed by atoms with E-state index >= 15 is 0 Å². The minimum absolute atomic E-state index is 0.240. The van der Waals surface area contributed by atoms with Crippen LogP contribution < -0.4 is 0 Å². The van der Waals surface area contributed by atoms with Gasteiger partial charge in [0.1, 0.15) is 0 Å². The monoisotopic (exact) mass is 281 g/mol. The molecule has 0 bridgehead atoms. The molecule has 0 radical (unpaired) electrons. The molecule has 0 fully saturated rings. The van der Waals surface area contributed by atoms with Gasteiger partial charge in [-0.3, -0.25) is 4.79 Å². The zero-order valence-electron chi connectivity index (χ0n) is 10.8. The van der Waals surface area contributed by atoms with Crippen molar-refractivity contribution < 1.29 is 4.79 Å². The molecule has 0 spiro atoms. The van der Waals surface area contributed by atoms with Crippen LogP contribution in [0.25, 0.3) is 16.6 Å². The Hall–Kier alpha value is -2.06. The standard InChI is InChI=1S/C17H12ClNO/c18-12-5-3-11(4-6-12)15-10-19-9-1-2-14-16(20)8-7-13(15)17(14)19/h1-6,9-10H,7-8H2. The lowest BCUT2D eigenvalue weighted by Gasteiger charge is -2.13. The van der Waals surface area contributed by atoms with E-state index in [4.69, 9.17) is 11.6 Å². The lowest BCUT2D eigenvalue weighted by Crippen LogP contribution is -2.09. The number of hydrogen-bond acceptors (Lipinski definition) is 1. The zero-order valence-corrected chi connectivity index (χ0v) is 11.5. The summed E-state index contributed by atoms with van der Waals surface area (Å²) in [5, 5.41) is 0.738. The number of aryl methyl sites for hydroxylation is 1. The first-order chi connectivity index (χ1) is 9.74. The van der Waals surface area contributed by atoms with Gasteiger partial charge in [0.25, 0.3) is 0 Å². The number of Topliss-reactive ketones (excluding diaryl/α,β-unsaturated/α-hetero) is 1. The van der Waals surface area contributed by atoms with Crippen LogP contribution in [0.2, 0.25) is 5.02 Å². The molecule has 0 saturated carbocycles. The minimum atomic E-state index is 0.240. The summed E-state index contributed by atoms with van der Waals surface area (Å²) >= 11 is 5.96. The number of carbonyl (C=O) groups is 1. The molecule has 3 heteroatoms. The maximum Gasteiger partial charge on any atom is 0.165 e. The fourth-order valence-electron chi connectivity index (χ4n) is 3.02. The summed E-state index contributed by atoms with van der Waals surface area (Å²) in [5.74, 6) is 0.240. The van der Waals surface area contributed by atoms with Gasteiger partial charge in [0.15, 0.2) is 5.78 Å². The van der Waals surface area contributed by atoms with Gasteiger partial charge in [-0.05, 0) is 41.8 Å². The van der Waals surface area contributed by atoms with Crippen molar-refractivity contribution in [2.75, 3.05) is 0 Å². The topological polar surface area (TPSA) is 21.5 Å². The number of pyridine rings is 1. The van der Waals surface area contributed by atoms with Crippen LogP contribution in [-0.2, 0) is 6.42 Å². The third-order valence-electron chi connectivity index (χ3n) is 3.96. The smallest absolute Gasteiger partial charge is 0.165 e. The number of aromatic nitrogens is 1. The van der Waals surface area contributed by atoms with E-state index in [0.29, 0.717) is 6.42 Å². The zero-order chi connectivity index (χ0) is 13.7. The van der Waals surface area contributed by atoms with Gasteiger partial charge in [0, 0.05) is 35.0 Å². The number of halogens is 1. The molecule has 0 amide bonds. The first-order valence-corrected chi connectivity index (χ1v) is 7.03.